The van der Waals surface area contributed by atoms with Gasteiger partial charge in [-0.3, -0.25) is 0 Å². The lowest BCUT2D eigenvalue weighted by molar-refractivity contribution is 0.883. The summed E-state index contributed by atoms with van der Waals surface area (Å²) < 4.78 is 2.00. The van der Waals surface area contributed by atoms with Crippen LogP contribution in [0.5, 0.6) is 0 Å². The highest BCUT2D eigenvalue weighted by molar-refractivity contribution is 5.72. The lowest BCUT2D eigenvalue weighted by Gasteiger charge is -2.07. The van der Waals surface area contributed by atoms with E-state index in [4.69, 9.17) is 5.10 Å². The van der Waals surface area contributed by atoms with Crippen molar-refractivity contribution >= 4 is 12.2 Å². The third kappa shape index (κ3) is 3.43. The number of para-hydroxylation sites is 1. The summed E-state index contributed by atoms with van der Waals surface area (Å²) in [6.07, 6.45) is 4.15. The monoisotopic (exact) mass is 322 g/mol. The van der Waals surface area contributed by atoms with Gasteiger partial charge in [-0.05, 0) is 29.8 Å². The predicted octanol–water partition coefficient (Wildman–Crippen LogP) is 5.71. The number of aromatic nitrogens is 2. The molecule has 0 radical (unpaired) electrons. The van der Waals surface area contributed by atoms with Crippen LogP contribution in [0.2, 0.25) is 0 Å². The van der Waals surface area contributed by atoms with Gasteiger partial charge in [-0.1, -0.05) is 84.9 Å². The zero-order chi connectivity index (χ0) is 16.9. The van der Waals surface area contributed by atoms with Crippen LogP contribution in [0.1, 0.15) is 11.3 Å². The molecule has 0 aliphatic carbocycles. The molecule has 1 heterocycles. The molecule has 0 saturated heterocycles. The van der Waals surface area contributed by atoms with Gasteiger partial charge in [0.1, 0.15) is 0 Å². The molecule has 25 heavy (non-hydrogen) atoms. The van der Waals surface area contributed by atoms with Crippen molar-refractivity contribution < 1.29 is 0 Å². The zero-order valence-corrected chi connectivity index (χ0v) is 13.8. The van der Waals surface area contributed by atoms with Gasteiger partial charge in [0.15, 0.2) is 0 Å². The first kappa shape index (κ1) is 15.2. The van der Waals surface area contributed by atoms with Gasteiger partial charge in [0, 0.05) is 5.56 Å². The van der Waals surface area contributed by atoms with Gasteiger partial charge < -0.3 is 0 Å². The van der Waals surface area contributed by atoms with Crippen LogP contribution in [0.25, 0.3) is 29.1 Å². The van der Waals surface area contributed by atoms with Crippen molar-refractivity contribution in [1.29, 1.82) is 0 Å². The van der Waals surface area contributed by atoms with Crippen molar-refractivity contribution in [3.8, 4) is 16.9 Å². The summed E-state index contributed by atoms with van der Waals surface area (Å²) in [6, 6.07) is 33.0. The molecule has 2 heteroatoms. The summed E-state index contributed by atoms with van der Waals surface area (Å²) >= 11 is 0. The molecule has 1 aromatic heterocycles. The highest BCUT2D eigenvalue weighted by Crippen LogP contribution is 2.24. The molecular formula is C23H18N2. The Hall–Kier alpha value is -3.39. The van der Waals surface area contributed by atoms with Crippen LogP contribution in [0.15, 0.2) is 97.1 Å². The Morgan fingerprint density at radius 2 is 1.24 bits per heavy atom. The van der Waals surface area contributed by atoms with E-state index in [1.54, 1.807) is 0 Å². The van der Waals surface area contributed by atoms with Crippen molar-refractivity contribution in [2.24, 2.45) is 0 Å². The summed E-state index contributed by atoms with van der Waals surface area (Å²) in [7, 11) is 0. The second kappa shape index (κ2) is 7.02. The number of hydrogen-bond donors (Lipinski definition) is 0. The molecule has 0 atom stereocenters. The predicted molar refractivity (Wildman–Crippen MR) is 104 cm³/mol. The minimum atomic E-state index is 0.937. The Balaban J connectivity index is 1.77. The second-order valence-corrected chi connectivity index (χ2v) is 5.81. The summed E-state index contributed by atoms with van der Waals surface area (Å²) in [5.41, 5.74) is 5.39. The molecule has 0 fully saturated rings. The van der Waals surface area contributed by atoms with Gasteiger partial charge in [-0.15, -0.1) is 0 Å². The minimum Gasteiger partial charge on any atom is -0.233 e. The fraction of sp³-hybridized carbons (Fsp3) is 0. The van der Waals surface area contributed by atoms with Crippen molar-refractivity contribution in [1.82, 2.24) is 9.78 Å². The Morgan fingerprint density at radius 3 is 1.92 bits per heavy atom. The van der Waals surface area contributed by atoms with Crippen LogP contribution >= 0.6 is 0 Å². The third-order valence-electron chi connectivity index (χ3n) is 4.04. The fourth-order valence-electron chi connectivity index (χ4n) is 2.81. The maximum absolute atomic E-state index is 4.80. The first-order valence-electron chi connectivity index (χ1n) is 8.34. The maximum atomic E-state index is 4.80. The molecule has 0 N–H and O–H groups in total. The summed E-state index contributed by atoms with van der Waals surface area (Å²) in [6.45, 7) is 0. The molecule has 4 aromatic rings. The highest BCUT2D eigenvalue weighted by Gasteiger charge is 2.10. The van der Waals surface area contributed by atoms with E-state index in [2.05, 4.69) is 66.7 Å². The third-order valence-corrected chi connectivity index (χ3v) is 4.04. The van der Waals surface area contributed by atoms with Crippen LogP contribution in [-0.2, 0) is 0 Å². The summed E-state index contributed by atoms with van der Waals surface area (Å²) in [5.74, 6) is 0. The smallest absolute Gasteiger partial charge is 0.0862 e. The van der Waals surface area contributed by atoms with Gasteiger partial charge in [-0.2, -0.15) is 5.10 Å². The Labute approximate surface area is 147 Å². The van der Waals surface area contributed by atoms with E-state index in [0.717, 1.165) is 28.2 Å². The molecular weight excluding hydrogens is 304 g/mol. The van der Waals surface area contributed by atoms with Crippen LogP contribution in [0.4, 0.5) is 0 Å². The molecule has 3 aromatic carbocycles. The van der Waals surface area contributed by atoms with Crippen LogP contribution in [0, 0.1) is 0 Å². The van der Waals surface area contributed by atoms with Gasteiger partial charge in [-0.25, -0.2) is 4.68 Å². The normalized spacial score (nSPS) is 11.0. The highest BCUT2D eigenvalue weighted by atomic mass is 15.3. The van der Waals surface area contributed by atoms with E-state index >= 15 is 0 Å². The van der Waals surface area contributed by atoms with Crippen LogP contribution < -0.4 is 0 Å². The molecule has 0 unspecified atom stereocenters. The quantitative estimate of drug-likeness (QED) is 0.470. The molecule has 4 rings (SSSR count). The lowest BCUT2D eigenvalue weighted by atomic mass is 10.1. The first-order chi connectivity index (χ1) is 12.4. The fourth-order valence-corrected chi connectivity index (χ4v) is 2.81. The van der Waals surface area contributed by atoms with Gasteiger partial charge in [0.2, 0.25) is 0 Å². The van der Waals surface area contributed by atoms with E-state index in [-0.39, 0.29) is 0 Å². The van der Waals surface area contributed by atoms with E-state index in [1.807, 2.05) is 47.1 Å². The summed E-state index contributed by atoms with van der Waals surface area (Å²) in [5, 5.41) is 4.80. The van der Waals surface area contributed by atoms with E-state index < -0.39 is 0 Å². The van der Waals surface area contributed by atoms with E-state index in [0.29, 0.717) is 0 Å². The molecule has 0 amide bonds. The van der Waals surface area contributed by atoms with Gasteiger partial charge in [0.25, 0.3) is 0 Å². The lowest BCUT2D eigenvalue weighted by Crippen LogP contribution is -1.98. The Bertz CT molecular complexity index is 912. The molecule has 0 aliphatic heterocycles. The zero-order valence-electron chi connectivity index (χ0n) is 13.8. The van der Waals surface area contributed by atoms with Crippen molar-refractivity contribution in [3.05, 3.63) is 108 Å². The number of rotatable bonds is 4. The molecule has 0 aliphatic rings. The van der Waals surface area contributed by atoms with Gasteiger partial charge >= 0.3 is 0 Å². The number of benzene rings is 3. The average Bonchev–Trinajstić information content (AvgIpc) is 3.13. The molecule has 0 bridgehead atoms. The average molecular weight is 322 g/mol. The van der Waals surface area contributed by atoms with Crippen molar-refractivity contribution in [3.63, 3.8) is 0 Å². The maximum Gasteiger partial charge on any atom is 0.0862 e. The number of nitrogens with zero attached hydrogens (tertiary/aromatic N) is 2. The molecule has 120 valence electrons. The first-order valence-corrected chi connectivity index (χ1v) is 8.34. The molecule has 2 nitrogen and oxygen atoms in total. The van der Waals surface area contributed by atoms with Crippen LogP contribution in [-0.4, -0.2) is 9.78 Å². The minimum absolute atomic E-state index is 0.937. The standard InChI is InChI=1S/C23H18N2/c1-4-10-19(11-5-1)16-17-21-18-23(20-12-6-2-7-13-20)25(24-21)22-14-8-3-9-15-22/h1-18H. The van der Waals surface area contributed by atoms with Crippen molar-refractivity contribution in [2.45, 2.75) is 0 Å². The van der Waals surface area contributed by atoms with Crippen molar-refractivity contribution in [2.75, 3.05) is 0 Å². The second-order valence-electron chi connectivity index (χ2n) is 5.81. The number of hydrogen-bond acceptors (Lipinski definition) is 1. The summed E-state index contributed by atoms with van der Waals surface area (Å²) in [4.78, 5) is 0. The SMILES string of the molecule is C(=Cc1cc(-c2ccccc2)n(-c2ccccc2)n1)c1ccccc1. The Kier molecular flexibility index (Phi) is 4.25. The molecule has 0 spiro atoms. The van der Waals surface area contributed by atoms with E-state index in [1.165, 1.54) is 0 Å². The molecule has 0 saturated carbocycles. The Morgan fingerprint density at radius 1 is 0.640 bits per heavy atom. The largest absolute Gasteiger partial charge is 0.233 e. The van der Waals surface area contributed by atoms with Gasteiger partial charge in [0.05, 0.1) is 17.1 Å². The topological polar surface area (TPSA) is 17.8 Å². The van der Waals surface area contributed by atoms with E-state index in [9.17, 15) is 0 Å². The van der Waals surface area contributed by atoms with Crippen LogP contribution in [0.3, 0.4) is 0 Å².